The summed E-state index contributed by atoms with van der Waals surface area (Å²) in [5.74, 6) is -0.508. The van der Waals surface area contributed by atoms with Crippen molar-refractivity contribution in [2.24, 2.45) is 0 Å². The fraction of sp³-hybridized carbons (Fsp3) is 0.207. The van der Waals surface area contributed by atoms with Gasteiger partial charge in [0.05, 0.1) is 34.6 Å². The van der Waals surface area contributed by atoms with Crippen molar-refractivity contribution >= 4 is 34.0 Å². The minimum atomic E-state index is -0.426. The summed E-state index contributed by atoms with van der Waals surface area (Å²) in [6, 6.07) is 15.5. The van der Waals surface area contributed by atoms with Gasteiger partial charge in [0, 0.05) is 22.2 Å². The highest BCUT2D eigenvalue weighted by Gasteiger charge is 2.33. The van der Waals surface area contributed by atoms with Crippen LogP contribution in [-0.4, -0.2) is 23.3 Å². The van der Waals surface area contributed by atoms with Crippen LogP contribution in [0.1, 0.15) is 55.6 Å². The van der Waals surface area contributed by atoms with Crippen LogP contribution < -0.4 is 5.32 Å². The van der Waals surface area contributed by atoms with Crippen molar-refractivity contribution in [3.05, 3.63) is 87.6 Å². The zero-order valence-electron chi connectivity index (χ0n) is 20.0. The number of aromatic nitrogens is 1. The van der Waals surface area contributed by atoms with Crippen molar-refractivity contribution in [3.63, 3.8) is 0 Å². The second kappa shape index (κ2) is 8.10. The van der Waals surface area contributed by atoms with E-state index in [-0.39, 0.29) is 12.4 Å². The van der Waals surface area contributed by atoms with Gasteiger partial charge in [-0.3, -0.25) is 9.78 Å². The number of hydrogen-bond donors (Lipinski definition) is 1. The Labute approximate surface area is 198 Å². The third kappa shape index (κ3) is 3.19. The zero-order chi connectivity index (χ0) is 24.1. The highest BCUT2D eigenvalue weighted by atomic mass is 16.5. The predicted octanol–water partition coefficient (Wildman–Crippen LogP) is 6.60. The molecule has 0 saturated heterocycles. The first kappa shape index (κ1) is 21.8. The summed E-state index contributed by atoms with van der Waals surface area (Å²) in [6.07, 6.45) is 0. The highest BCUT2D eigenvalue weighted by Crippen LogP contribution is 2.46. The van der Waals surface area contributed by atoms with Gasteiger partial charge in [0.25, 0.3) is 0 Å². The summed E-state index contributed by atoms with van der Waals surface area (Å²) in [6.45, 7) is 9.97. The fourth-order valence-electron chi connectivity index (χ4n) is 4.85. The van der Waals surface area contributed by atoms with Crippen LogP contribution in [0.25, 0.3) is 22.0 Å². The average Bonchev–Trinajstić information content (AvgIpc) is 2.81. The molecular weight excluding hydrogens is 424 g/mol. The summed E-state index contributed by atoms with van der Waals surface area (Å²) < 4.78 is 5.41. The quantitative estimate of drug-likeness (QED) is 0.312. The van der Waals surface area contributed by atoms with Crippen molar-refractivity contribution in [1.82, 2.24) is 4.98 Å². The second-order valence-electron chi connectivity index (χ2n) is 8.75. The summed E-state index contributed by atoms with van der Waals surface area (Å²) in [5, 5.41) is 4.21. The van der Waals surface area contributed by atoms with Crippen LogP contribution in [0.2, 0.25) is 0 Å². The van der Waals surface area contributed by atoms with E-state index in [4.69, 9.17) is 9.72 Å². The van der Waals surface area contributed by atoms with Crippen molar-refractivity contribution < 1.29 is 14.3 Å². The van der Waals surface area contributed by atoms with E-state index >= 15 is 0 Å². The first-order valence-corrected chi connectivity index (χ1v) is 11.5. The molecule has 5 nitrogen and oxygen atoms in total. The molecular formula is C29H26N2O3. The largest absolute Gasteiger partial charge is 0.462 e. The normalized spacial score (nSPS) is 12.0. The highest BCUT2D eigenvalue weighted by molar-refractivity contribution is 6.30. The minimum Gasteiger partial charge on any atom is -0.462 e. The molecule has 0 radical (unpaired) electrons. The number of carbonyl (C=O) groups excluding carboxylic acids is 2. The van der Waals surface area contributed by atoms with Crippen LogP contribution in [-0.2, 0) is 4.74 Å². The number of ketones is 1. The van der Waals surface area contributed by atoms with E-state index in [2.05, 4.69) is 25.2 Å². The van der Waals surface area contributed by atoms with Gasteiger partial charge in [-0.2, -0.15) is 0 Å². The lowest BCUT2D eigenvalue weighted by Gasteiger charge is -2.26. The van der Waals surface area contributed by atoms with Crippen LogP contribution in [0.3, 0.4) is 0 Å². The predicted molar refractivity (Wildman–Crippen MR) is 135 cm³/mol. The van der Waals surface area contributed by atoms with Crippen molar-refractivity contribution in [2.45, 2.75) is 34.6 Å². The van der Waals surface area contributed by atoms with Gasteiger partial charge in [-0.15, -0.1) is 0 Å². The molecule has 0 aliphatic heterocycles. The monoisotopic (exact) mass is 450 g/mol. The SMILES string of the molecule is CCOC(=O)c1c(C)nc2c(C)cc(Nc3cccc(C)c3C)c3c2c1-c1ccccc1C3=O. The van der Waals surface area contributed by atoms with E-state index in [1.165, 1.54) is 0 Å². The lowest BCUT2D eigenvalue weighted by molar-refractivity contribution is 0.0526. The summed E-state index contributed by atoms with van der Waals surface area (Å²) in [4.78, 5) is 31.8. The molecule has 3 aromatic carbocycles. The van der Waals surface area contributed by atoms with Crippen LogP contribution in [0.15, 0.2) is 48.5 Å². The number of nitrogens with one attached hydrogen (secondary N) is 1. The van der Waals surface area contributed by atoms with Crippen molar-refractivity contribution in [1.29, 1.82) is 0 Å². The molecule has 5 heteroatoms. The van der Waals surface area contributed by atoms with Crippen LogP contribution >= 0.6 is 0 Å². The molecule has 34 heavy (non-hydrogen) atoms. The van der Waals surface area contributed by atoms with Gasteiger partial charge < -0.3 is 10.1 Å². The second-order valence-corrected chi connectivity index (χ2v) is 8.75. The molecule has 0 saturated carbocycles. The van der Waals surface area contributed by atoms with E-state index < -0.39 is 5.97 Å². The molecule has 0 unspecified atom stereocenters. The molecule has 0 amide bonds. The minimum absolute atomic E-state index is 0.0821. The maximum absolute atomic E-state index is 13.9. The molecule has 0 bridgehead atoms. The maximum atomic E-state index is 13.9. The molecule has 0 atom stereocenters. The van der Waals surface area contributed by atoms with Crippen LogP contribution in [0.5, 0.6) is 0 Å². The molecule has 1 aliphatic carbocycles. The Morgan fingerprint density at radius 2 is 1.65 bits per heavy atom. The number of benzene rings is 3. The topological polar surface area (TPSA) is 68.3 Å². The van der Waals surface area contributed by atoms with Crippen molar-refractivity contribution in [3.8, 4) is 11.1 Å². The number of fused-ring (bicyclic) bond motifs is 2. The molecule has 0 spiro atoms. The van der Waals surface area contributed by atoms with E-state index in [1.54, 1.807) is 6.92 Å². The van der Waals surface area contributed by atoms with Gasteiger partial charge in [0.2, 0.25) is 0 Å². The van der Waals surface area contributed by atoms with E-state index in [1.807, 2.05) is 56.3 Å². The Balaban J connectivity index is 1.90. The number of ether oxygens (including phenoxy) is 1. The lowest BCUT2D eigenvalue weighted by Crippen LogP contribution is -2.18. The Hall–Kier alpha value is -3.99. The number of anilines is 2. The summed E-state index contributed by atoms with van der Waals surface area (Å²) in [5.41, 5.74) is 9.15. The summed E-state index contributed by atoms with van der Waals surface area (Å²) >= 11 is 0. The van der Waals surface area contributed by atoms with Crippen LogP contribution in [0.4, 0.5) is 11.4 Å². The Bertz CT molecular complexity index is 1520. The van der Waals surface area contributed by atoms with Gasteiger partial charge in [0.1, 0.15) is 0 Å². The Morgan fingerprint density at radius 1 is 0.912 bits per heavy atom. The Morgan fingerprint density at radius 3 is 2.38 bits per heavy atom. The van der Waals surface area contributed by atoms with Crippen LogP contribution in [0, 0.1) is 27.7 Å². The smallest absolute Gasteiger partial charge is 0.340 e. The fourth-order valence-corrected chi connectivity index (χ4v) is 4.85. The number of esters is 1. The number of nitrogens with zero attached hydrogens (tertiary/aromatic N) is 1. The van der Waals surface area contributed by atoms with Gasteiger partial charge in [-0.25, -0.2) is 4.79 Å². The van der Waals surface area contributed by atoms with E-state index in [0.29, 0.717) is 33.5 Å². The molecule has 1 aliphatic rings. The number of hydrogen-bond acceptors (Lipinski definition) is 5. The molecule has 1 N–H and O–H groups in total. The first-order chi connectivity index (χ1) is 16.3. The van der Waals surface area contributed by atoms with Gasteiger partial charge in [0.15, 0.2) is 5.78 Å². The Kier molecular flexibility index (Phi) is 5.20. The first-order valence-electron chi connectivity index (χ1n) is 11.5. The lowest BCUT2D eigenvalue weighted by atomic mass is 9.80. The van der Waals surface area contributed by atoms with Gasteiger partial charge in [-0.05, 0) is 69.0 Å². The van der Waals surface area contributed by atoms with Gasteiger partial charge >= 0.3 is 5.97 Å². The molecule has 1 heterocycles. The molecule has 170 valence electrons. The molecule has 4 aromatic rings. The van der Waals surface area contributed by atoms with Gasteiger partial charge in [-0.1, -0.05) is 36.4 Å². The van der Waals surface area contributed by atoms with E-state index in [0.717, 1.165) is 39.0 Å². The van der Waals surface area contributed by atoms with E-state index in [9.17, 15) is 9.59 Å². The third-order valence-corrected chi connectivity index (χ3v) is 6.65. The standard InChI is InChI=1S/C29H26N2O3/c1-6-34-29(33)23-18(5)30-27-16(3)14-22(31-21-13-9-10-15(2)17(21)4)25-26(27)24(23)19-11-7-8-12-20(19)28(25)32/h7-14,31H,6H2,1-5H3. The number of carbonyl (C=O) groups is 2. The molecule has 5 rings (SSSR count). The maximum Gasteiger partial charge on any atom is 0.340 e. The number of pyridine rings is 1. The molecule has 0 fully saturated rings. The summed E-state index contributed by atoms with van der Waals surface area (Å²) in [7, 11) is 0. The zero-order valence-corrected chi connectivity index (χ0v) is 20.0. The third-order valence-electron chi connectivity index (χ3n) is 6.65. The van der Waals surface area contributed by atoms with Crippen molar-refractivity contribution in [2.75, 3.05) is 11.9 Å². The number of aryl methyl sites for hydroxylation is 3. The average molecular weight is 451 g/mol. The number of rotatable bonds is 4. The molecule has 1 aromatic heterocycles.